The van der Waals surface area contributed by atoms with E-state index in [1.165, 1.54) is 11.3 Å². The maximum absolute atomic E-state index is 10.5. The van der Waals surface area contributed by atoms with Gasteiger partial charge in [0.2, 0.25) is 0 Å². The van der Waals surface area contributed by atoms with Crippen LogP contribution in [0.3, 0.4) is 0 Å². The van der Waals surface area contributed by atoms with E-state index in [1.54, 1.807) is 0 Å². The summed E-state index contributed by atoms with van der Waals surface area (Å²) in [5.41, 5.74) is 2.60. The maximum atomic E-state index is 10.5. The molecule has 1 N–H and O–H groups in total. The molecule has 96 valence electrons. The molecule has 3 heteroatoms. The monoisotopic (exact) mass is 245 g/mol. The van der Waals surface area contributed by atoms with Gasteiger partial charge in [-0.3, -0.25) is 4.79 Å². The van der Waals surface area contributed by atoms with Gasteiger partial charge in [0.15, 0.2) is 0 Å². The van der Waals surface area contributed by atoms with Crippen molar-refractivity contribution >= 4 is 11.7 Å². The molecule has 0 radical (unpaired) electrons. The minimum absolute atomic E-state index is 0.260. The third-order valence-electron chi connectivity index (χ3n) is 3.33. The van der Waals surface area contributed by atoms with Gasteiger partial charge in [-0.2, -0.15) is 0 Å². The van der Waals surface area contributed by atoms with Gasteiger partial charge < -0.3 is 10.0 Å². The highest BCUT2D eigenvalue weighted by Gasteiger charge is 2.16. The summed E-state index contributed by atoms with van der Waals surface area (Å²) in [6.07, 6.45) is 6.21. The van der Waals surface area contributed by atoms with Crippen molar-refractivity contribution in [2.75, 3.05) is 11.4 Å². The Morgan fingerprint density at radius 2 is 2.11 bits per heavy atom. The molecule has 1 aliphatic heterocycles. The molecule has 0 spiro atoms. The van der Waals surface area contributed by atoms with Crippen LogP contribution >= 0.6 is 0 Å². The van der Waals surface area contributed by atoms with Gasteiger partial charge in [-0.25, -0.2) is 0 Å². The van der Waals surface area contributed by atoms with E-state index in [4.69, 9.17) is 5.11 Å². The molecule has 0 aromatic heterocycles. The average Bonchev–Trinajstić information content (AvgIpc) is 2.37. The number of benzene rings is 1. The van der Waals surface area contributed by atoms with Crippen molar-refractivity contribution in [1.29, 1.82) is 0 Å². The minimum atomic E-state index is -0.710. The Labute approximate surface area is 108 Å². The highest BCUT2D eigenvalue weighted by molar-refractivity contribution is 5.66. The first kappa shape index (κ1) is 12.7. The summed E-state index contributed by atoms with van der Waals surface area (Å²) < 4.78 is 0. The number of para-hydroxylation sites is 1. The number of carboxylic acids is 1. The third-order valence-corrected chi connectivity index (χ3v) is 3.33. The van der Waals surface area contributed by atoms with Gasteiger partial charge in [-0.05, 0) is 24.5 Å². The molecule has 2 rings (SSSR count). The summed E-state index contributed by atoms with van der Waals surface area (Å²) in [5, 5.41) is 8.62. The van der Waals surface area contributed by atoms with Gasteiger partial charge in [0.1, 0.15) is 0 Å². The van der Waals surface area contributed by atoms with Gasteiger partial charge in [-0.15, -0.1) is 0 Å². The van der Waals surface area contributed by atoms with Crippen molar-refractivity contribution in [3.63, 3.8) is 0 Å². The fourth-order valence-electron chi connectivity index (χ4n) is 2.30. The van der Waals surface area contributed by atoms with Crippen LogP contribution in [0.5, 0.6) is 0 Å². The van der Waals surface area contributed by atoms with Gasteiger partial charge in [0.05, 0.1) is 0 Å². The molecule has 1 atom stereocenters. The normalized spacial score (nSPS) is 17.6. The number of allylic oxidation sites excluding steroid dienone is 1. The first-order valence-corrected chi connectivity index (χ1v) is 6.44. The highest BCUT2D eigenvalue weighted by atomic mass is 16.4. The zero-order chi connectivity index (χ0) is 13.0. The lowest BCUT2D eigenvalue weighted by Gasteiger charge is -2.29. The Morgan fingerprint density at radius 1 is 1.33 bits per heavy atom. The Bertz CT molecular complexity index is 454. The Hall–Kier alpha value is -1.77. The summed E-state index contributed by atoms with van der Waals surface area (Å²) in [6, 6.07) is 8.41. The van der Waals surface area contributed by atoms with Crippen molar-refractivity contribution in [3.05, 3.63) is 42.1 Å². The minimum Gasteiger partial charge on any atom is -0.481 e. The summed E-state index contributed by atoms with van der Waals surface area (Å²) >= 11 is 0. The number of carbonyl (C=O) groups is 1. The Kier molecular flexibility index (Phi) is 4.03. The molecule has 0 aliphatic carbocycles. The predicted octanol–water partition coefficient (Wildman–Crippen LogP) is 3.38. The van der Waals surface area contributed by atoms with Crippen LogP contribution in [0, 0.1) is 0 Å². The van der Waals surface area contributed by atoms with Gasteiger partial charge >= 0.3 is 5.97 Å². The van der Waals surface area contributed by atoms with Crippen molar-refractivity contribution in [1.82, 2.24) is 0 Å². The van der Waals surface area contributed by atoms with E-state index in [-0.39, 0.29) is 6.42 Å². The highest BCUT2D eigenvalue weighted by Crippen LogP contribution is 2.32. The lowest BCUT2D eigenvalue weighted by Crippen LogP contribution is -2.22. The molecular formula is C15H19NO2. The van der Waals surface area contributed by atoms with E-state index < -0.39 is 5.97 Å². The number of carboxylic acid groups (broad SMARTS) is 1. The van der Waals surface area contributed by atoms with Crippen molar-refractivity contribution < 1.29 is 9.90 Å². The van der Waals surface area contributed by atoms with Gasteiger partial charge in [0, 0.05) is 30.8 Å². The van der Waals surface area contributed by atoms with E-state index in [2.05, 4.69) is 48.4 Å². The average molecular weight is 245 g/mol. The fourth-order valence-corrected chi connectivity index (χ4v) is 2.30. The maximum Gasteiger partial charge on any atom is 0.303 e. The number of nitrogens with zero attached hydrogens (tertiary/aromatic N) is 1. The molecule has 0 bridgehead atoms. The fraction of sp³-hybridized carbons (Fsp3) is 0.400. The molecule has 0 fully saturated rings. The molecular weight excluding hydrogens is 226 g/mol. The number of fused-ring (bicyclic) bond motifs is 1. The Balaban J connectivity index is 1.97. The quantitative estimate of drug-likeness (QED) is 0.808. The van der Waals surface area contributed by atoms with Crippen LogP contribution in [0.2, 0.25) is 0 Å². The zero-order valence-corrected chi connectivity index (χ0v) is 10.7. The van der Waals surface area contributed by atoms with E-state index in [0.717, 1.165) is 19.4 Å². The summed E-state index contributed by atoms with van der Waals surface area (Å²) in [5.74, 6) is -0.255. The summed E-state index contributed by atoms with van der Waals surface area (Å²) in [7, 11) is 0. The number of anilines is 1. The molecule has 1 aromatic rings. The second-order valence-corrected chi connectivity index (χ2v) is 4.73. The lowest BCUT2D eigenvalue weighted by molar-refractivity contribution is -0.137. The van der Waals surface area contributed by atoms with Gasteiger partial charge in [0.25, 0.3) is 0 Å². The molecule has 3 nitrogen and oxygen atoms in total. The number of unbranched alkanes of at least 4 members (excludes halogenated alkanes) is 1. The molecule has 18 heavy (non-hydrogen) atoms. The Morgan fingerprint density at radius 3 is 2.89 bits per heavy atom. The smallest absolute Gasteiger partial charge is 0.303 e. The van der Waals surface area contributed by atoms with Crippen LogP contribution in [0.1, 0.15) is 37.7 Å². The number of aliphatic carboxylic acids is 1. The molecule has 1 aromatic carbocycles. The van der Waals surface area contributed by atoms with E-state index in [0.29, 0.717) is 5.92 Å². The zero-order valence-electron chi connectivity index (χ0n) is 10.7. The first-order chi connectivity index (χ1) is 8.68. The predicted molar refractivity (Wildman–Crippen MR) is 72.8 cm³/mol. The van der Waals surface area contributed by atoms with E-state index in [9.17, 15) is 4.79 Å². The van der Waals surface area contributed by atoms with Crippen LogP contribution in [-0.2, 0) is 4.79 Å². The number of hydrogen-bond donors (Lipinski definition) is 1. The SMILES string of the molecule is CC1C=CN(CCCCC(=O)O)c2ccccc21. The van der Waals surface area contributed by atoms with Crippen molar-refractivity contribution in [2.24, 2.45) is 0 Å². The second-order valence-electron chi connectivity index (χ2n) is 4.73. The van der Waals surface area contributed by atoms with E-state index >= 15 is 0 Å². The molecule has 1 aliphatic rings. The summed E-state index contributed by atoms with van der Waals surface area (Å²) in [4.78, 5) is 12.7. The van der Waals surface area contributed by atoms with Crippen molar-refractivity contribution in [3.8, 4) is 0 Å². The standard InChI is InChI=1S/C15H19NO2/c1-12-9-11-16(10-5-4-8-15(17)18)14-7-3-2-6-13(12)14/h2-3,6-7,9,11-12H,4-5,8,10H2,1H3,(H,17,18). The van der Waals surface area contributed by atoms with Crippen LogP contribution in [0.25, 0.3) is 0 Å². The van der Waals surface area contributed by atoms with Crippen molar-refractivity contribution in [2.45, 2.75) is 32.1 Å². The summed E-state index contributed by atoms with van der Waals surface area (Å²) in [6.45, 7) is 3.07. The lowest BCUT2D eigenvalue weighted by atomic mass is 9.96. The van der Waals surface area contributed by atoms with Crippen LogP contribution in [-0.4, -0.2) is 17.6 Å². The second kappa shape index (κ2) is 5.71. The van der Waals surface area contributed by atoms with E-state index in [1.807, 2.05) is 0 Å². The molecule has 1 unspecified atom stereocenters. The molecule has 0 amide bonds. The number of hydrogen-bond acceptors (Lipinski definition) is 2. The van der Waals surface area contributed by atoms with Crippen LogP contribution < -0.4 is 4.90 Å². The van der Waals surface area contributed by atoms with Crippen LogP contribution in [0.15, 0.2) is 36.5 Å². The molecule has 1 heterocycles. The largest absolute Gasteiger partial charge is 0.481 e. The molecule has 0 saturated heterocycles. The topological polar surface area (TPSA) is 40.5 Å². The molecule has 0 saturated carbocycles. The number of rotatable bonds is 5. The van der Waals surface area contributed by atoms with Crippen LogP contribution in [0.4, 0.5) is 5.69 Å². The third kappa shape index (κ3) is 2.92. The first-order valence-electron chi connectivity index (χ1n) is 6.44. The van der Waals surface area contributed by atoms with Gasteiger partial charge in [-0.1, -0.05) is 31.2 Å².